The molecular formula is C20H27ClN2O2. The van der Waals surface area contributed by atoms with Gasteiger partial charge in [0, 0.05) is 19.3 Å². The lowest BCUT2D eigenvalue weighted by Gasteiger charge is -2.13. The molecule has 0 fully saturated rings. The monoisotopic (exact) mass is 362 g/mol. The van der Waals surface area contributed by atoms with Crippen molar-refractivity contribution in [1.82, 2.24) is 0 Å². The molecule has 136 valence electrons. The fourth-order valence-corrected chi connectivity index (χ4v) is 2.63. The molecule has 0 aliphatic rings. The molecule has 0 saturated heterocycles. The first-order chi connectivity index (χ1) is 11.7. The Kier molecular flexibility index (Phi) is 9.85. The number of hydrogen-bond acceptors (Lipinski definition) is 3. The van der Waals surface area contributed by atoms with Crippen LogP contribution in [0.2, 0.25) is 0 Å². The van der Waals surface area contributed by atoms with E-state index in [2.05, 4.69) is 35.6 Å². The predicted octanol–water partition coefficient (Wildman–Crippen LogP) is 3.59. The molecule has 5 heteroatoms. The summed E-state index contributed by atoms with van der Waals surface area (Å²) in [4.78, 5) is 12.0. The van der Waals surface area contributed by atoms with Crippen molar-refractivity contribution in [2.75, 3.05) is 19.0 Å². The van der Waals surface area contributed by atoms with Crippen LogP contribution in [0.3, 0.4) is 0 Å². The number of carbonyl (C=O) groups excluding carboxylic acids is 1. The first kappa shape index (κ1) is 21.2. The van der Waals surface area contributed by atoms with Crippen molar-refractivity contribution >= 4 is 24.0 Å². The third kappa shape index (κ3) is 7.69. The van der Waals surface area contributed by atoms with E-state index in [9.17, 15) is 4.79 Å². The smallest absolute Gasteiger partial charge is 0.227 e. The van der Waals surface area contributed by atoms with Gasteiger partial charge in [-0.1, -0.05) is 42.5 Å². The molecule has 0 bridgehead atoms. The highest BCUT2D eigenvalue weighted by Crippen LogP contribution is 2.14. The van der Waals surface area contributed by atoms with E-state index in [0.29, 0.717) is 6.54 Å². The lowest BCUT2D eigenvalue weighted by Crippen LogP contribution is -2.28. The second-order valence-corrected chi connectivity index (χ2v) is 5.89. The topological polar surface area (TPSA) is 64.3 Å². The van der Waals surface area contributed by atoms with Gasteiger partial charge in [-0.05, 0) is 42.5 Å². The molecule has 2 aromatic carbocycles. The van der Waals surface area contributed by atoms with E-state index in [-0.39, 0.29) is 30.8 Å². The van der Waals surface area contributed by atoms with Crippen LogP contribution >= 0.6 is 12.4 Å². The third-order valence-electron chi connectivity index (χ3n) is 3.99. The van der Waals surface area contributed by atoms with E-state index in [1.54, 1.807) is 7.11 Å². The quantitative estimate of drug-likeness (QED) is 0.716. The molecule has 4 nitrogen and oxygen atoms in total. The van der Waals surface area contributed by atoms with Crippen LogP contribution < -0.4 is 11.1 Å². The van der Waals surface area contributed by atoms with Gasteiger partial charge in [0.05, 0.1) is 12.5 Å². The van der Waals surface area contributed by atoms with Gasteiger partial charge < -0.3 is 15.8 Å². The molecular weight excluding hydrogens is 336 g/mol. The fraction of sp³-hybridized carbons (Fsp3) is 0.350. The van der Waals surface area contributed by atoms with E-state index >= 15 is 0 Å². The zero-order chi connectivity index (χ0) is 17.2. The van der Waals surface area contributed by atoms with Crippen LogP contribution in [0.15, 0.2) is 54.6 Å². The molecule has 3 N–H and O–H groups in total. The Bertz CT molecular complexity index is 631. The summed E-state index contributed by atoms with van der Waals surface area (Å²) < 4.78 is 5.14. The molecule has 0 aliphatic carbocycles. The van der Waals surface area contributed by atoms with Gasteiger partial charge in [0.1, 0.15) is 0 Å². The average molecular weight is 363 g/mol. The number of carbonyl (C=O) groups is 1. The molecule has 1 atom stereocenters. The molecule has 0 aliphatic heterocycles. The molecule has 2 rings (SSSR count). The van der Waals surface area contributed by atoms with Crippen LogP contribution in [0.4, 0.5) is 5.69 Å². The highest BCUT2D eigenvalue weighted by Gasteiger charge is 2.11. The van der Waals surface area contributed by atoms with Crippen molar-refractivity contribution in [2.24, 2.45) is 5.73 Å². The number of aryl methyl sites for hydroxylation is 2. The van der Waals surface area contributed by atoms with Crippen LogP contribution in [0.1, 0.15) is 24.0 Å². The third-order valence-corrected chi connectivity index (χ3v) is 3.99. The lowest BCUT2D eigenvalue weighted by atomic mass is 10.0. The van der Waals surface area contributed by atoms with Crippen LogP contribution in [0.5, 0.6) is 0 Å². The number of nitrogens with two attached hydrogens (primary N) is 1. The fourth-order valence-electron chi connectivity index (χ4n) is 2.63. The Balaban J connectivity index is 0.00000312. The van der Waals surface area contributed by atoms with Gasteiger partial charge in [0.15, 0.2) is 0 Å². The maximum atomic E-state index is 12.0. The standard InChI is InChI=1S/C20H26N2O2.ClH/c1-24-19(15-21)14-20(23)22-18-12-6-11-17(13-18)10-5-9-16-7-3-2-4-8-16;/h2-4,6-8,11-13,19H,5,9-10,14-15,21H2,1H3,(H,22,23);1H. The van der Waals surface area contributed by atoms with Gasteiger partial charge >= 0.3 is 0 Å². The molecule has 1 amide bonds. The minimum absolute atomic E-state index is 0. The van der Waals surface area contributed by atoms with Crippen LogP contribution in [-0.2, 0) is 22.4 Å². The molecule has 0 heterocycles. The number of nitrogens with one attached hydrogen (secondary N) is 1. The molecule has 2 aromatic rings. The Labute approximate surface area is 156 Å². The largest absolute Gasteiger partial charge is 0.380 e. The van der Waals surface area contributed by atoms with Crippen LogP contribution in [-0.4, -0.2) is 25.7 Å². The Morgan fingerprint density at radius 1 is 1.08 bits per heavy atom. The predicted molar refractivity (Wildman–Crippen MR) is 105 cm³/mol. The average Bonchev–Trinajstić information content (AvgIpc) is 2.61. The summed E-state index contributed by atoms with van der Waals surface area (Å²) in [7, 11) is 1.57. The van der Waals surface area contributed by atoms with Crippen LogP contribution in [0.25, 0.3) is 0 Å². The van der Waals surface area contributed by atoms with E-state index in [4.69, 9.17) is 10.5 Å². The first-order valence-electron chi connectivity index (χ1n) is 8.37. The zero-order valence-corrected chi connectivity index (χ0v) is 15.4. The highest BCUT2D eigenvalue weighted by atomic mass is 35.5. The van der Waals surface area contributed by atoms with E-state index < -0.39 is 0 Å². The normalized spacial score (nSPS) is 11.4. The number of benzene rings is 2. The van der Waals surface area contributed by atoms with Crippen molar-refractivity contribution in [3.8, 4) is 0 Å². The minimum atomic E-state index is -0.237. The number of rotatable bonds is 9. The number of hydrogen-bond donors (Lipinski definition) is 2. The van der Waals surface area contributed by atoms with Gasteiger partial charge in [-0.3, -0.25) is 4.79 Å². The number of anilines is 1. The molecule has 1 unspecified atom stereocenters. The highest BCUT2D eigenvalue weighted by molar-refractivity contribution is 5.91. The minimum Gasteiger partial charge on any atom is -0.380 e. The number of amides is 1. The van der Waals surface area contributed by atoms with Crippen molar-refractivity contribution < 1.29 is 9.53 Å². The van der Waals surface area contributed by atoms with Gasteiger partial charge in [-0.15, -0.1) is 12.4 Å². The summed E-state index contributed by atoms with van der Waals surface area (Å²) in [5, 5.41) is 2.92. The molecule has 0 saturated carbocycles. The Morgan fingerprint density at radius 2 is 1.76 bits per heavy atom. The zero-order valence-electron chi connectivity index (χ0n) is 14.6. The first-order valence-corrected chi connectivity index (χ1v) is 8.37. The summed E-state index contributed by atoms with van der Waals surface area (Å²) in [5.41, 5.74) is 8.95. The number of ether oxygens (including phenoxy) is 1. The summed E-state index contributed by atoms with van der Waals surface area (Å²) in [6.45, 7) is 0.337. The Morgan fingerprint density at radius 3 is 2.44 bits per heavy atom. The molecule has 0 spiro atoms. The van der Waals surface area contributed by atoms with Gasteiger partial charge in [0.25, 0.3) is 0 Å². The van der Waals surface area contributed by atoms with Crippen molar-refractivity contribution in [2.45, 2.75) is 31.8 Å². The van der Waals surface area contributed by atoms with Gasteiger partial charge in [-0.2, -0.15) is 0 Å². The van der Waals surface area contributed by atoms with E-state index in [1.807, 2.05) is 24.3 Å². The molecule has 0 aromatic heterocycles. The van der Waals surface area contributed by atoms with E-state index in [0.717, 1.165) is 24.9 Å². The maximum Gasteiger partial charge on any atom is 0.227 e. The SMILES string of the molecule is COC(CN)CC(=O)Nc1cccc(CCCc2ccccc2)c1.Cl. The van der Waals surface area contributed by atoms with E-state index in [1.165, 1.54) is 11.1 Å². The maximum absolute atomic E-state index is 12.0. The second-order valence-electron chi connectivity index (χ2n) is 5.89. The summed E-state index contributed by atoms with van der Waals surface area (Å²) in [5.74, 6) is -0.0752. The summed E-state index contributed by atoms with van der Waals surface area (Å²) in [6, 6.07) is 18.5. The summed E-state index contributed by atoms with van der Waals surface area (Å²) in [6.07, 6.45) is 3.16. The summed E-state index contributed by atoms with van der Waals surface area (Å²) >= 11 is 0. The molecule has 25 heavy (non-hydrogen) atoms. The number of halogens is 1. The van der Waals surface area contributed by atoms with Crippen molar-refractivity contribution in [3.05, 3.63) is 65.7 Å². The van der Waals surface area contributed by atoms with Gasteiger partial charge in [-0.25, -0.2) is 0 Å². The van der Waals surface area contributed by atoms with Crippen molar-refractivity contribution in [3.63, 3.8) is 0 Å². The Hall–Kier alpha value is -1.88. The second kappa shape index (κ2) is 11.6. The van der Waals surface area contributed by atoms with Crippen molar-refractivity contribution in [1.29, 1.82) is 0 Å². The number of methoxy groups -OCH3 is 1. The lowest BCUT2D eigenvalue weighted by molar-refractivity contribution is -0.118. The molecule has 0 radical (unpaired) electrons. The van der Waals surface area contributed by atoms with Gasteiger partial charge in [0.2, 0.25) is 5.91 Å². The van der Waals surface area contributed by atoms with Crippen LogP contribution in [0, 0.1) is 0 Å².